The Balaban J connectivity index is 1.24. The molecule has 4 heteroatoms. The van der Waals surface area contributed by atoms with E-state index in [4.69, 9.17) is 4.52 Å². The lowest BCUT2D eigenvalue weighted by Gasteiger charge is -2.28. The first-order valence-electron chi connectivity index (χ1n) is 9.76. The lowest BCUT2D eigenvalue weighted by Crippen LogP contribution is -3.27. The zero-order chi connectivity index (χ0) is 18.3. The fourth-order valence-electron chi connectivity index (χ4n) is 3.65. The number of benzene rings is 2. The summed E-state index contributed by atoms with van der Waals surface area (Å²) in [5.74, 6) is 0.861. The average molecular weight is 361 g/mol. The summed E-state index contributed by atoms with van der Waals surface area (Å²) >= 11 is 0. The van der Waals surface area contributed by atoms with Crippen LogP contribution in [0.3, 0.4) is 0 Å². The molecule has 3 aromatic rings. The molecule has 0 spiro atoms. The highest BCUT2D eigenvalue weighted by atomic mass is 16.5. The lowest BCUT2D eigenvalue weighted by atomic mass is 10.1. The topological polar surface area (TPSA) is 34.9 Å². The highest BCUT2D eigenvalue weighted by molar-refractivity contribution is 5.56. The monoisotopic (exact) mass is 361 g/mol. The SMILES string of the molecule is C(=C\c1ccccc1)/C[NH+]1CC[NH+](Cc2cc(-c3ccccc3)on2)CC1. The maximum absolute atomic E-state index is 5.53. The van der Waals surface area contributed by atoms with E-state index in [0.29, 0.717) is 0 Å². The molecule has 2 N–H and O–H groups in total. The number of hydrogen-bond acceptors (Lipinski definition) is 2. The molecule has 0 atom stereocenters. The van der Waals surface area contributed by atoms with Gasteiger partial charge in [0.2, 0.25) is 0 Å². The summed E-state index contributed by atoms with van der Waals surface area (Å²) in [5, 5.41) is 4.28. The Morgan fingerprint density at radius 1 is 0.852 bits per heavy atom. The number of nitrogens with one attached hydrogen (secondary N) is 2. The molecule has 0 saturated carbocycles. The highest BCUT2D eigenvalue weighted by Gasteiger charge is 2.23. The zero-order valence-corrected chi connectivity index (χ0v) is 15.6. The third-order valence-electron chi connectivity index (χ3n) is 5.23. The quantitative estimate of drug-likeness (QED) is 0.695. The van der Waals surface area contributed by atoms with E-state index in [-0.39, 0.29) is 0 Å². The Morgan fingerprint density at radius 2 is 1.52 bits per heavy atom. The second kappa shape index (κ2) is 8.80. The summed E-state index contributed by atoms with van der Waals surface area (Å²) in [6.45, 7) is 6.83. The van der Waals surface area contributed by atoms with E-state index in [0.717, 1.165) is 30.1 Å². The maximum atomic E-state index is 5.53. The van der Waals surface area contributed by atoms with E-state index in [1.54, 1.807) is 9.80 Å². The maximum Gasteiger partial charge on any atom is 0.167 e. The molecule has 138 valence electrons. The van der Waals surface area contributed by atoms with Gasteiger partial charge in [-0.25, -0.2) is 0 Å². The molecule has 1 aliphatic heterocycles. The van der Waals surface area contributed by atoms with E-state index < -0.39 is 0 Å². The summed E-state index contributed by atoms with van der Waals surface area (Å²) < 4.78 is 5.53. The summed E-state index contributed by atoms with van der Waals surface area (Å²) in [6, 6.07) is 22.8. The van der Waals surface area contributed by atoms with Crippen LogP contribution in [0.25, 0.3) is 17.4 Å². The third kappa shape index (κ3) is 4.94. The Bertz CT molecular complexity index is 850. The van der Waals surface area contributed by atoms with Crippen LogP contribution in [0.4, 0.5) is 0 Å². The number of hydrogen-bond donors (Lipinski definition) is 2. The Hall–Kier alpha value is -2.69. The van der Waals surface area contributed by atoms with E-state index in [1.807, 2.05) is 18.2 Å². The molecule has 0 unspecified atom stereocenters. The molecule has 0 radical (unpaired) electrons. The third-order valence-corrected chi connectivity index (χ3v) is 5.23. The minimum Gasteiger partial charge on any atom is -0.356 e. The first-order chi connectivity index (χ1) is 13.4. The van der Waals surface area contributed by atoms with Crippen LogP contribution in [0.15, 0.2) is 77.3 Å². The van der Waals surface area contributed by atoms with Crippen LogP contribution in [0.1, 0.15) is 11.3 Å². The van der Waals surface area contributed by atoms with E-state index >= 15 is 0 Å². The van der Waals surface area contributed by atoms with Crippen molar-refractivity contribution in [3.8, 4) is 11.3 Å². The normalized spacial score (nSPS) is 20.1. The molecule has 1 saturated heterocycles. The fraction of sp³-hybridized carbons (Fsp3) is 0.261. The summed E-state index contributed by atoms with van der Waals surface area (Å²) in [6.07, 6.45) is 4.53. The first kappa shape index (κ1) is 17.7. The van der Waals surface area contributed by atoms with Gasteiger partial charge in [0.15, 0.2) is 5.76 Å². The van der Waals surface area contributed by atoms with Crippen LogP contribution in [-0.2, 0) is 6.54 Å². The molecular weight excluding hydrogens is 334 g/mol. The first-order valence-corrected chi connectivity index (χ1v) is 9.76. The van der Waals surface area contributed by atoms with E-state index in [9.17, 15) is 0 Å². The lowest BCUT2D eigenvalue weighted by molar-refractivity contribution is -1.02. The van der Waals surface area contributed by atoms with Crippen molar-refractivity contribution in [1.82, 2.24) is 5.16 Å². The number of rotatable bonds is 6. The molecule has 2 heterocycles. The van der Waals surface area contributed by atoms with Crippen molar-refractivity contribution >= 4 is 6.08 Å². The van der Waals surface area contributed by atoms with Gasteiger partial charge in [0, 0.05) is 11.6 Å². The van der Waals surface area contributed by atoms with Gasteiger partial charge in [-0.3, -0.25) is 0 Å². The van der Waals surface area contributed by atoms with Crippen molar-refractivity contribution in [2.24, 2.45) is 0 Å². The van der Waals surface area contributed by atoms with Gasteiger partial charge in [-0.1, -0.05) is 71.9 Å². The van der Waals surface area contributed by atoms with Crippen molar-refractivity contribution in [1.29, 1.82) is 0 Å². The van der Waals surface area contributed by atoms with Gasteiger partial charge in [-0.2, -0.15) is 0 Å². The predicted octanol–water partition coefficient (Wildman–Crippen LogP) is 1.34. The minimum atomic E-state index is 0.861. The van der Waals surface area contributed by atoms with E-state index in [2.05, 4.69) is 65.8 Å². The average Bonchev–Trinajstić information content (AvgIpc) is 3.19. The summed E-state index contributed by atoms with van der Waals surface area (Å²) in [4.78, 5) is 3.26. The van der Waals surface area contributed by atoms with E-state index in [1.165, 1.54) is 31.7 Å². The van der Waals surface area contributed by atoms with Gasteiger partial charge >= 0.3 is 0 Å². The number of nitrogens with zero attached hydrogens (tertiary/aromatic N) is 1. The second-order valence-electron chi connectivity index (χ2n) is 7.24. The van der Waals surface area contributed by atoms with Gasteiger partial charge in [-0.15, -0.1) is 0 Å². The van der Waals surface area contributed by atoms with Gasteiger partial charge < -0.3 is 14.3 Å². The zero-order valence-electron chi connectivity index (χ0n) is 15.6. The molecule has 1 aliphatic rings. The Kier molecular flexibility index (Phi) is 5.77. The summed E-state index contributed by atoms with van der Waals surface area (Å²) in [5.41, 5.74) is 3.42. The molecule has 1 fully saturated rings. The highest BCUT2D eigenvalue weighted by Crippen LogP contribution is 2.19. The number of piperazine rings is 1. The molecule has 4 rings (SSSR count). The minimum absolute atomic E-state index is 0.861. The molecule has 0 bridgehead atoms. The Labute approximate surface area is 160 Å². The Morgan fingerprint density at radius 3 is 2.26 bits per heavy atom. The fourth-order valence-corrected chi connectivity index (χ4v) is 3.65. The number of aromatic nitrogens is 1. The van der Waals surface area contributed by atoms with Crippen LogP contribution >= 0.6 is 0 Å². The van der Waals surface area contributed by atoms with Gasteiger partial charge in [0.05, 0.1) is 6.54 Å². The van der Waals surface area contributed by atoms with Crippen LogP contribution in [-0.4, -0.2) is 37.9 Å². The van der Waals surface area contributed by atoms with Gasteiger partial charge in [0.1, 0.15) is 38.4 Å². The second-order valence-corrected chi connectivity index (χ2v) is 7.24. The van der Waals surface area contributed by atoms with Crippen molar-refractivity contribution in [2.75, 3.05) is 32.7 Å². The van der Waals surface area contributed by atoms with Crippen molar-refractivity contribution in [3.63, 3.8) is 0 Å². The molecule has 0 amide bonds. The molecule has 27 heavy (non-hydrogen) atoms. The smallest absolute Gasteiger partial charge is 0.167 e. The van der Waals surface area contributed by atoms with Crippen LogP contribution in [0, 0.1) is 0 Å². The van der Waals surface area contributed by atoms with Crippen LogP contribution in [0.2, 0.25) is 0 Å². The molecule has 1 aromatic heterocycles. The van der Waals surface area contributed by atoms with Crippen molar-refractivity contribution in [3.05, 3.63) is 84.1 Å². The van der Waals surface area contributed by atoms with Crippen molar-refractivity contribution < 1.29 is 14.3 Å². The van der Waals surface area contributed by atoms with Crippen LogP contribution < -0.4 is 9.80 Å². The van der Waals surface area contributed by atoms with Crippen LogP contribution in [0.5, 0.6) is 0 Å². The molecule has 4 nitrogen and oxygen atoms in total. The molecular formula is C23H27N3O+2. The largest absolute Gasteiger partial charge is 0.356 e. The molecule has 2 aromatic carbocycles. The molecule has 0 aliphatic carbocycles. The number of quaternary nitrogens is 2. The van der Waals surface area contributed by atoms with Crippen molar-refractivity contribution in [2.45, 2.75) is 6.54 Å². The van der Waals surface area contributed by atoms with Gasteiger partial charge in [0.25, 0.3) is 0 Å². The summed E-state index contributed by atoms with van der Waals surface area (Å²) in [7, 11) is 0. The standard InChI is InChI=1S/C23H25N3O/c1-3-8-20(9-4-1)10-7-13-25-14-16-26(17-15-25)19-22-18-23(27-24-22)21-11-5-2-6-12-21/h1-12,18H,13-17,19H2/p+2/b10-7+. The van der Waals surface area contributed by atoms with Gasteiger partial charge in [-0.05, 0) is 11.6 Å². The predicted molar refractivity (Wildman–Crippen MR) is 107 cm³/mol.